The molecule has 0 amide bonds. The molecule has 2 N–H and O–H groups in total. The van der Waals surface area contributed by atoms with Crippen LogP contribution in [0.25, 0.3) is 0 Å². The second-order valence-corrected chi connectivity index (χ2v) is 6.00. The maximum absolute atomic E-state index is 6.08. The fourth-order valence-corrected chi connectivity index (χ4v) is 2.25. The van der Waals surface area contributed by atoms with E-state index in [4.69, 9.17) is 10.5 Å². The minimum Gasteiger partial charge on any atom is -0.488 e. The largest absolute Gasteiger partial charge is 0.488 e. The highest BCUT2D eigenvalue weighted by Crippen LogP contribution is 2.30. The fraction of sp³-hybridized carbons (Fsp3) is 0.250. The molecule has 0 fully saturated rings. The van der Waals surface area contributed by atoms with Gasteiger partial charge in [-0.25, -0.2) is 0 Å². The third-order valence-corrected chi connectivity index (χ3v) is 3.53. The summed E-state index contributed by atoms with van der Waals surface area (Å²) < 4.78 is 6.73. The van der Waals surface area contributed by atoms with Crippen molar-refractivity contribution in [3.05, 3.63) is 64.1 Å². The number of benzene rings is 2. The van der Waals surface area contributed by atoms with Crippen LogP contribution in [-0.4, -0.2) is 0 Å². The lowest BCUT2D eigenvalue weighted by Crippen LogP contribution is -2.28. The Bertz CT molecular complexity index is 546. The molecule has 0 aliphatic carbocycles. The third-order valence-electron chi connectivity index (χ3n) is 2.91. The number of ether oxygens (including phenoxy) is 1. The van der Waals surface area contributed by atoms with E-state index in [1.54, 1.807) is 0 Å². The van der Waals surface area contributed by atoms with Gasteiger partial charge in [-0.15, -0.1) is 0 Å². The summed E-state index contributed by atoms with van der Waals surface area (Å²) in [4.78, 5) is 0. The summed E-state index contributed by atoms with van der Waals surface area (Å²) >= 11 is 3.53. The van der Waals surface area contributed by atoms with Gasteiger partial charge in [0.1, 0.15) is 12.4 Å². The first-order chi connectivity index (χ1) is 8.97. The summed E-state index contributed by atoms with van der Waals surface area (Å²) in [6.45, 7) is 4.53. The molecule has 0 saturated heterocycles. The first-order valence-electron chi connectivity index (χ1n) is 6.22. The van der Waals surface area contributed by atoms with Crippen LogP contribution in [0.2, 0.25) is 0 Å². The molecule has 0 spiro atoms. The number of nitrogens with two attached hydrogens (primary N) is 1. The molecule has 0 radical (unpaired) electrons. The summed E-state index contributed by atoms with van der Waals surface area (Å²) in [7, 11) is 0. The fourth-order valence-electron chi connectivity index (χ4n) is 1.75. The Hall–Kier alpha value is -1.32. The van der Waals surface area contributed by atoms with Gasteiger partial charge < -0.3 is 10.5 Å². The van der Waals surface area contributed by atoms with Crippen molar-refractivity contribution in [3.8, 4) is 5.75 Å². The van der Waals surface area contributed by atoms with Gasteiger partial charge in [-0.1, -0.05) is 36.4 Å². The number of hydrogen-bond donors (Lipinski definition) is 1. The molecule has 2 aromatic rings. The van der Waals surface area contributed by atoms with E-state index < -0.39 is 0 Å². The maximum atomic E-state index is 6.08. The monoisotopic (exact) mass is 319 g/mol. The second kappa shape index (κ2) is 5.76. The van der Waals surface area contributed by atoms with E-state index >= 15 is 0 Å². The van der Waals surface area contributed by atoms with Crippen molar-refractivity contribution in [3.63, 3.8) is 0 Å². The zero-order chi connectivity index (χ0) is 13.9. The highest BCUT2D eigenvalue weighted by atomic mass is 79.9. The Morgan fingerprint density at radius 1 is 1.11 bits per heavy atom. The normalized spacial score (nSPS) is 11.4. The molecular formula is C16H18BrNO. The van der Waals surface area contributed by atoms with E-state index in [9.17, 15) is 0 Å². The van der Waals surface area contributed by atoms with Crippen molar-refractivity contribution in [2.75, 3.05) is 0 Å². The highest BCUT2D eigenvalue weighted by molar-refractivity contribution is 9.10. The Morgan fingerprint density at radius 3 is 2.37 bits per heavy atom. The SMILES string of the molecule is CC(C)(N)c1ccc(OCc2ccccc2)c(Br)c1. The molecular weight excluding hydrogens is 302 g/mol. The van der Waals surface area contributed by atoms with E-state index in [0.717, 1.165) is 21.3 Å². The average Bonchev–Trinajstić information content (AvgIpc) is 2.37. The molecule has 0 unspecified atom stereocenters. The zero-order valence-corrected chi connectivity index (χ0v) is 12.8. The Kier molecular flexibility index (Phi) is 4.27. The van der Waals surface area contributed by atoms with Crippen molar-refractivity contribution in [2.24, 2.45) is 5.73 Å². The summed E-state index contributed by atoms with van der Waals surface area (Å²) in [5, 5.41) is 0. The first-order valence-corrected chi connectivity index (χ1v) is 7.02. The van der Waals surface area contributed by atoms with Crippen LogP contribution < -0.4 is 10.5 Å². The van der Waals surface area contributed by atoms with E-state index in [1.165, 1.54) is 0 Å². The van der Waals surface area contributed by atoms with Gasteiger partial charge in [-0.3, -0.25) is 0 Å². The molecule has 0 saturated carbocycles. The maximum Gasteiger partial charge on any atom is 0.134 e. The van der Waals surface area contributed by atoms with E-state index in [2.05, 4.69) is 15.9 Å². The molecule has 0 aromatic heterocycles. The summed E-state index contributed by atoms with van der Waals surface area (Å²) in [6.07, 6.45) is 0. The van der Waals surface area contributed by atoms with E-state index in [-0.39, 0.29) is 5.54 Å². The molecule has 0 aliphatic rings. The quantitative estimate of drug-likeness (QED) is 0.915. The third kappa shape index (κ3) is 3.82. The van der Waals surface area contributed by atoms with Gasteiger partial charge in [0.05, 0.1) is 4.47 Å². The van der Waals surface area contributed by atoms with Crippen LogP contribution >= 0.6 is 15.9 Å². The number of rotatable bonds is 4. The zero-order valence-electron chi connectivity index (χ0n) is 11.2. The van der Waals surface area contributed by atoms with E-state index in [0.29, 0.717) is 6.61 Å². The summed E-state index contributed by atoms with van der Waals surface area (Å²) in [5.41, 5.74) is 7.96. The van der Waals surface area contributed by atoms with Gasteiger partial charge in [-0.05, 0) is 53.0 Å². The molecule has 19 heavy (non-hydrogen) atoms. The van der Waals surface area contributed by atoms with Crippen molar-refractivity contribution in [1.29, 1.82) is 0 Å². The van der Waals surface area contributed by atoms with Gasteiger partial charge >= 0.3 is 0 Å². The molecule has 100 valence electrons. The standard InChI is InChI=1S/C16H18BrNO/c1-16(2,18)13-8-9-15(14(17)10-13)19-11-12-6-4-3-5-7-12/h3-10H,11,18H2,1-2H3. The minimum absolute atomic E-state index is 0.347. The van der Waals surface area contributed by atoms with Gasteiger partial charge in [0.25, 0.3) is 0 Å². The molecule has 2 nitrogen and oxygen atoms in total. The topological polar surface area (TPSA) is 35.2 Å². The van der Waals surface area contributed by atoms with Crippen molar-refractivity contribution in [2.45, 2.75) is 26.0 Å². The van der Waals surface area contributed by atoms with Gasteiger partial charge in [-0.2, -0.15) is 0 Å². The smallest absolute Gasteiger partial charge is 0.134 e. The molecule has 2 aromatic carbocycles. The van der Waals surface area contributed by atoms with Crippen molar-refractivity contribution in [1.82, 2.24) is 0 Å². The Labute approximate surface area is 122 Å². The molecule has 0 aliphatic heterocycles. The predicted molar refractivity (Wildman–Crippen MR) is 82.1 cm³/mol. The minimum atomic E-state index is -0.347. The van der Waals surface area contributed by atoms with Crippen LogP contribution in [0.1, 0.15) is 25.0 Å². The molecule has 0 bridgehead atoms. The van der Waals surface area contributed by atoms with Gasteiger partial charge in [0.2, 0.25) is 0 Å². The molecule has 0 heterocycles. The van der Waals surface area contributed by atoms with Crippen LogP contribution in [0.3, 0.4) is 0 Å². The lowest BCUT2D eigenvalue weighted by atomic mass is 9.96. The predicted octanol–water partition coefficient (Wildman–Crippen LogP) is 4.22. The lowest BCUT2D eigenvalue weighted by Gasteiger charge is -2.20. The van der Waals surface area contributed by atoms with Crippen LogP contribution in [0, 0.1) is 0 Å². The highest BCUT2D eigenvalue weighted by Gasteiger charge is 2.15. The molecule has 2 rings (SSSR count). The van der Waals surface area contributed by atoms with E-state index in [1.807, 2.05) is 62.4 Å². The van der Waals surface area contributed by atoms with Crippen molar-refractivity contribution >= 4 is 15.9 Å². The van der Waals surface area contributed by atoms with Crippen LogP contribution in [0.4, 0.5) is 0 Å². The molecule has 3 heteroatoms. The molecule has 0 atom stereocenters. The van der Waals surface area contributed by atoms with Gasteiger partial charge in [0.15, 0.2) is 0 Å². The van der Waals surface area contributed by atoms with Gasteiger partial charge in [0, 0.05) is 5.54 Å². The van der Waals surface area contributed by atoms with Crippen molar-refractivity contribution < 1.29 is 4.74 Å². The number of halogens is 1. The first kappa shape index (κ1) is 14.1. The Morgan fingerprint density at radius 2 is 1.79 bits per heavy atom. The summed E-state index contributed by atoms with van der Waals surface area (Å²) in [5.74, 6) is 0.830. The second-order valence-electron chi connectivity index (χ2n) is 5.14. The van der Waals surface area contributed by atoms with Crippen LogP contribution in [0.15, 0.2) is 53.0 Å². The van der Waals surface area contributed by atoms with Crippen LogP contribution in [-0.2, 0) is 12.1 Å². The number of hydrogen-bond acceptors (Lipinski definition) is 2. The van der Waals surface area contributed by atoms with Crippen LogP contribution in [0.5, 0.6) is 5.75 Å². The average molecular weight is 320 g/mol. The summed E-state index contributed by atoms with van der Waals surface area (Å²) in [6, 6.07) is 16.1. The lowest BCUT2D eigenvalue weighted by molar-refractivity contribution is 0.304. The Balaban J connectivity index is 2.10.